The third kappa shape index (κ3) is 2.66. The SMILES string of the molecule is Cc1cnc(C(C)Nc2ccc(C#N)cc2F)s1. The van der Waals surface area contributed by atoms with Gasteiger partial charge in [0.15, 0.2) is 0 Å². The molecule has 0 bridgehead atoms. The van der Waals surface area contributed by atoms with Crippen LogP contribution < -0.4 is 5.32 Å². The zero-order chi connectivity index (χ0) is 13.1. The van der Waals surface area contributed by atoms with Gasteiger partial charge < -0.3 is 5.32 Å². The van der Waals surface area contributed by atoms with Gasteiger partial charge in [0.1, 0.15) is 10.8 Å². The zero-order valence-corrected chi connectivity index (χ0v) is 10.9. The first kappa shape index (κ1) is 12.5. The van der Waals surface area contributed by atoms with Crippen LogP contribution in [0, 0.1) is 24.1 Å². The van der Waals surface area contributed by atoms with Gasteiger partial charge in [-0.05, 0) is 32.0 Å². The number of aromatic nitrogens is 1. The van der Waals surface area contributed by atoms with Gasteiger partial charge in [-0.15, -0.1) is 11.3 Å². The molecule has 0 saturated heterocycles. The van der Waals surface area contributed by atoms with Crippen LogP contribution in [-0.4, -0.2) is 4.98 Å². The summed E-state index contributed by atoms with van der Waals surface area (Å²) in [6.07, 6.45) is 1.80. The number of hydrogen-bond acceptors (Lipinski definition) is 4. The second-order valence-corrected chi connectivity index (χ2v) is 5.25. The molecule has 3 nitrogen and oxygen atoms in total. The van der Waals surface area contributed by atoms with Crippen molar-refractivity contribution in [2.75, 3.05) is 5.32 Å². The van der Waals surface area contributed by atoms with Crippen LogP contribution >= 0.6 is 11.3 Å². The van der Waals surface area contributed by atoms with Crippen LogP contribution in [0.4, 0.5) is 10.1 Å². The Morgan fingerprint density at radius 3 is 2.83 bits per heavy atom. The molecule has 0 radical (unpaired) electrons. The van der Waals surface area contributed by atoms with E-state index in [2.05, 4.69) is 10.3 Å². The van der Waals surface area contributed by atoms with Gasteiger partial charge in [-0.2, -0.15) is 5.26 Å². The molecule has 1 unspecified atom stereocenters. The van der Waals surface area contributed by atoms with Crippen LogP contribution in [0.25, 0.3) is 0 Å². The lowest BCUT2D eigenvalue weighted by atomic mass is 10.2. The molecule has 92 valence electrons. The second kappa shape index (κ2) is 5.15. The fraction of sp³-hybridized carbons (Fsp3) is 0.231. The Kier molecular flexibility index (Phi) is 3.58. The number of nitriles is 1. The number of halogens is 1. The van der Waals surface area contributed by atoms with Crippen LogP contribution in [0.3, 0.4) is 0 Å². The van der Waals surface area contributed by atoms with Crippen molar-refractivity contribution in [3.63, 3.8) is 0 Å². The monoisotopic (exact) mass is 261 g/mol. The molecule has 18 heavy (non-hydrogen) atoms. The van der Waals surface area contributed by atoms with E-state index in [1.807, 2.05) is 19.9 Å². The normalized spacial score (nSPS) is 11.9. The lowest BCUT2D eigenvalue weighted by molar-refractivity contribution is 0.627. The Balaban J connectivity index is 2.17. The summed E-state index contributed by atoms with van der Waals surface area (Å²) >= 11 is 1.58. The molecule has 2 aromatic rings. The van der Waals surface area contributed by atoms with Crippen molar-refractivity contribution in [2.24, 2.45) is 0 Å². The molecule has 0 amide bonds. The number of anilines is 1. The summed E-state index contributed by atoms with van der Waals surface area (Å²) < 4.78 is 13.7. The van der Waals surface area contributed by atoms with Crippen LogP contribution in [0.1, 0.15) is 28.4 Å². The highest BCUT2D eigenvalue weighted by atomic mass is 32.1. The average Bonchev–Trinajstić information content (AvgIpc) is 2.78. The molecule has 2 rings (SSSR count). The van der Waals surface area contributed by atoms with E-state index in [0.717, 1.165) is 9.88 Å². The number of aryl methyl sites for hydroxylation is 1. The number of thiazole rings is 1. The number of nitrogens with zero attached hydrogens (tertiary/aromatic N) is 2. The maximum atomic E-state index is 13.7. The zero-order valence-electron chi connectivity index (χ0n) is 10.1. The van der Waals surface area contributed by atoms with Crippen LogP contribution in [0.2, 0.25) is 0 Å². The molecule has 5 heteroatoms. The first-order valence-electron chi connectivity index (χ1n) is 5.48. The molecule has 1 heterocycles. The van der Waals surface area contributed by atoms with Gasteiger partial charge >= 0.3 is 0 Å². The highest BCUT2D eigenvalue weighted by Crippen LogP contribution is 2.25. The van der Waals surface area contributed by atoms with E-state index in [1.165, 1.54) is 6.07 Å². The van der Waals surface area contributed by atoms with Gasteiger partial charge in [0, 0.05) is 11.1 Å². The largest absolute Gasteiger partial charge is 0.374 e. The highest BCUT2D eigenvalue weighted by molar-refractivity contribution is 7.11. The molecule has 1 N–H and O–H groups in total. The Hall–Kier alpha value is -1.93. The minimum atomic E-state index is -0.422. The van der Waals surface area contributed by atoms with Gasteiger partial charge in [0.05, 0.1) is 23.4 Å². The number of benzene rings is 1. The highest BCUT2D eigenvalue weighted by Gasteiger charge is 2.11. The number of rotatable bonds is 3. The van der Waals surface area contributed by atoms with E-state index < -0.39 is 5.82 Å². The Morgan fingerprint density at radius 2 is 2.28 bits per heavy atom. The first-order valence-corrected chi connectivity index (χ1v) is 6.30. The third-order valence-corrected chi connectivity index (χ3v) is 3.58. The minimum Gasteiger partial charge on any atom is -0.374 e. The van der Waals surface area contributed by atoms with E-state index >= 15 is 0 Å². The molecular weight excluding hydrogens is 249 g/mol. The smallest absolute Gasteiger partial charge is 0.147 e. The van der Waals surface area contributed by atoms with E-state index in [4.69, 9.17) is 5.26 Å². The quantitative estimate of drug-likeness (QED) is 0.917. The van der Waals surface area contributed by atoms with Crippen molar-refractivity contribution in [2.45, 2.75) is 19.9 Å². The van der Waals surface area contributed by atoms with E-state index in [9.17, 15) is 4.39 Å². The first-order chi connectivity index (χ1) is 8.60. The molecule has 0 aliphatic heterocycles. The van der Waals surface area contributed by atoms with E-state index in [1.54, 1.807) is 29.7 Å². The third-order valence-electron chi connectivity index (χ3n) is 2.48. The maximum absolute atomic E-state index is 13.7. The molecule has 1 aromatic carbocycles. The molecular formula is C13H12FN3S. The Morgan fingerprint density at radius 1 is 1.50 bits per heavy atom. The van der Waals surface area contributed by atoms with Gasteiger partial charge in [0.25, 0.3) is 0 Å². The predicted octanol–water partition coefficient (Wildman–Crippen LogP) is 3.64. The summed E-state index contributed by atoms with van der Waals surface area (Å²) in [5.41, 5.74) is 0.699. The molecule has 1 aromatic heterocycles. The van der Waals surface area contributed by atoms with Crippen molar-refractivity contribution in [3.05, 3.63) is 45.7 Å². The number of nitrogens with one attached hydrogen (secondary N) is 1. The van der Waals surface area contributed by atoms with Crippen LogP contribution in [0.15, 0.2) is 24.4 Å². The fourth-order valence-corrected chi connectivity index (χ4v) is 2.35. The van der Waals surface area contributed by atoms with E-state index in [0.29, 0.717) is 11.3 Å². The predicted molar refractivity (Wildman–Crippen MR) is 70.0 cm³/mol. The van der Waals surface area contributed by atoms with Crippen molar-refractivity contribution in [3.8, 4) is 6.07 Å². The topological polar surface area (TPSA) is 48.7 Å². The van der Waals surface area contributed by atoms with Crippen molar-refractivity contribution >= 4 is 17.0 Å². The van der Waals surface area contributed by atoms with Crippen molar-refractivity contribution in [1.29, 1.82) is 5.26 Å². The molecule has 0 spiro atoms. The Bertz CT molecular complexity index is 601. The summed E-state index contributed by atoms with van der Waals surface area (Å²) in [6, 6.07) is 6.23. The van der Waals surface area contributed by atoms with Crippen LogP contribution in [0.5, 0.6) is 0 Å². The number of hydrogen-bond donors (Lipinski definition) is 1. The van der Waals surface area contributed by atoms with Crippen LogP contribution in [-0.2, 0) is 0 Å². The van der Waals surface area contributed by atoms with Gasteiger partial charge in [-0.3, -0.25) is 0 Å². The van der Waals surface area contributed by atoms with Crippen molar-refractivity contribution < 1.29 is 4.39 Å². The summed E-state index contributed by atoms with van der Waals surface area (Å²) in [5, 5.41) is 12.6. The fourth-order valence-electron chi connectivity index (χ4n) is 1.57. The molecule has 1 atom stereocenters. The van der Waals surface area contributed by atoms with Gasteiger partial charge in [-0.25, -0.2) is 9.37 Å². The summed E-state index contributed by atoms with van der Waals surface area (Å²) in [7, 11) is 0. The molecule has 0 aliphatic carbocycles. The van der Waals surface area contributed by atoms with Gasteiger partial charge in [0.2, 0.25) is 0 Å². The summed E-state index contributed by atoms with van der Waals surface area (Å²) in [6.45, 7) is 3.91. The molecule has 0 saturated carbocycles. The lowest BCUT2D eigenvalue weighted by Crippen LogP contribution is -2.07. The lowest BCUT2D eigenvalue weighted by Gasteiger charge is -2.13. The standard InChI is InChI=1S/C13H12FN3S/c1-8-7-16-13(18-8)9(2)17-12-4-3-10(6-15)5-11(12)14/h3-5,7,9,17H,1-2H3. The summed E-state index contributed by atoms with van der Waals surface area (Å²) in [5.74, 6) is -0.422. The Labute approximate surface area is 109 Å². The van der Waals surface area contributed by atoms with Gasteiger partial charge in [-0.1, -0.05) is 0 Å². The molecule has 0 fully saturated rings. The maximum Gasteiger partial charge on any atom is 0.147 e. The van der Waals surface area contributed by atoms with E-state index in [-0.39, 0.29) is 6.04 Å². The molecule has 0 aliphatic rings. The minimum absolute atomic E-state index is 0.0638. The summed E-state index contributed by atoms with van der Waals surface area (Å²) in [4.78, 5) is 5.38. The van der Waals surface area contributed by atoms with Crippen molar-refractivity contribution in [1.82, 2.24) is 4.98 Å². The second-order valence-electron chi connectivity index (χ2n) is 3.98. The average molecular weight is 261 g/mol.